The van der Waals surface area contributed by atoms with Crippen LogP contribution < -0.4 is 0 Å². The standard InChI is InChI=1S/C8H11ClO/c1-8(4-2-5-8)7(10)3-6-9/h3,6H,2,4-5H2,1H3/b6-3+. The van der Waals surface area contributed by atoms with E-state index in [9.17, 15) is 4.79 Å². The van der Waals surface area contributed by atoms with Gasteiger partial charge in [-0.05, 0) is 18.9 Å². The smallest absolute Gasteiger partial charge is 0.162 e. The van der Waals surface area contributed by atoms with Crippen LogP contribution in [0.1, 0.15) is 26.2 Å². The first kappa shape index (κ1) is 7.80. The van der Waals surface area contributed by atoms with Crippen LogP contribution in [-0.2, 0) is 4.79 Å². The highest BCUT2D eigenvalue weighted by atomic mass is 35.5. The lowest BCUT2D eigenvalue weighted by Gasteiger charge is -2.35. The monoisotopic (exact) mass is 158 g/mol. The van der Waals surface area contributed by atoms with Crippen molar-refractivity contribution in [1.29, 1.82) is 0 Å². The number of carbonyl (C=O) groups is 1. The molecule has 1 aliphatic carbocycles. The number of hydrogen-bond acceptors (Lipinski definition) is 1. The third-order valence-electron chi connectivity index (χ3n) is 2.27. The number of halogens is 1. The van der Waals surface area contributed by atoms with Crippen molar-refractivity contribution in [1.82, 2.24) is 0 Å². The van der Waals surface area contributed by atoms with Crippen molar-refractivity contribution in [3.63, 3.8) is 0 Å². The first-order valence-corrected chi connectivity index (χ1v) is 3.94. The van der Waals surface area contributed by atoms with Crippen molar-refractivity contribution in [2.45, 2.75) is 26.2 Å². The van der Waals surface area contributed by atoms with Crippen molar-refractivity contribution in [3.05, 3.63) is 11.6 Å². The second kappa shape index (κ2) is 2.75. The van der Waals surface area contributed by atoms with Gasteiger partial charge in [-0.15, -0.1) is 0 Å². The van der Waals surface area contributed by atoms with Crippen molar-refractivity contribution in [3.8, 4) is 0 Å². The lowest BCUT2D eigenvalue weighted by atomic mass is 9.68. The molecular weight excluding hydrogens is 148 g/mol. The van der Waals surface area contributed by atoms with Crippen LogP contribution in [0, 0.1) is 5.41 Å². The number of rotatable bonds is 2. The molecule has 0 atom stereocenters. The molecule has 1 rings (SSSR count). The first-order valence-electron chi connectivity index (χ1n) is 3.50. The minimum absolute atomic E-state index is 0.0780. The Hall–Kier alpha value is -0.300. The van der Waals surface area contributed by atoms with E-state index in [1.165, 1.54) is 18.0 Å². The molecule has 1 saturated carbocycles. The lowest BCUT2D eigenvalue weighted by Crippen LogP contribution is -2.33. The van der Waals surface area contributed by atoms with E-state index in [2.05, 4.69) is 0 Å². The molecule has 10 heavy (non-hydrogen) atoms. The SMILES string of the molecule is CC1(C(=O)/C=C/Cl)CCC1. The van der Waals surface area contributed by atoms with Crippen LogP contribution in [0.5, 0.6) is 0 Å². The quantitative estimate of drug-likeness (QED) is 0.565. The van der Waals surface area contributed by atoms with Crippen LogP contribution in [-0.4, -0.2) is 5.78 Å². The van der Waals surface area contributed by atoms with Crippen LogP contribution in [0.2, 0.25) is 0 Å². The fraction of sp³-hybridized carbons (Fsp3) is 0.625. The fourth-order valence-corrected chi connectivity index (χ4v) is 1.33. The molecule has 0 heterocycles. The molecule has 0 amide bonds. The van der Waals surface area contributed by atoms with Gasteiger partial charge in [0.1, 0.15) is 0 Å². The van der Waals surface area contributed by atoms with E-state index in [1.54, 1.807) is 0 Å². The second-order valence-corrected chi connectivity index (χ2v) is 3.32. The van der Waals surface area contributed by atoms with E-state index in [0.29, 0.717) is 0 Å². The summed E-state index contributed by atoms with van der Waals surface area (Å²) in [5.74, 6) is 0.175. The van der Waals surface area contributed by atoms with Gasteiger partial charge < -0.3 is 0 Å². The van der Waals surface area contributed by atoms with Gasteiger partial charge in [0.25, 0.3) is 0 Å². The number of carbonyl (C=O) groups excluding carboxylic acids is 1. The predicted octanol–water partition coefficient (Wildman–Crippen LogP) is 2.50. The topological polar surface area (TPSA) is 17.1 Å². The molecule has 0 saturated heterocycles. The van der Waals surface area contributed by atoms with Crippen molar-refractivity contribution in [2.24, 2.45) is 5.41 Å². The maximum absolute atomic E-state index is 11.2. The zero-order chi connectivity index (χ0) is 7.61. The average Bonchev–Trinajstić information content (AvgIpc) is 1.83. The summed E-state index contributed by atoms with van der Waals surface area (Å²) in [4.78, 5) is 11.2. The molecule has 0 bridgehead atoms. The van der Waals surface area contributed by atoms with Crippen LogP contribution in [0.15, 0.2) is 11.6 Å². The molecule has 0 aromatic carbocycles. The van der Waals surface area contributed by atoms with Gasteiger partial charge in [0.05, 0.1) is 0 Å². The minimum atomic E-state index is -0.0780. The molecule has 0 N–H and O–H groups in total. The molecule has 1 nitrogen and oxygen atoms in total. The lowest BCUT2D eigenvalue weighted by molar-refractivity contribution is -0.127. The third-order valence-corrected chi connectivity index (χ3v) is 2.39. The Balaban J connectivity index is 2.55. The zero-order valence-electron chi connectivity index (χ0n) is 6.06. The number of ketones is 1. The molecule has 0 spiro atoms. The molecule has 0 unspecified atom stereocenters. The Kier molecular flexibility index (Phi) is 2.14. The summed E-state index contributed by atoms with van der Waals surface area (Å²) in [6, 6.07) is 0. The van der Waals surface area contributed by atoms with E-state index in [-0.39, 0.29) is 11.2 Å². The maximum Gasteiger partial charge on any atom is 0.162 e. The van der Waals surface area contributed by atoms with Crippen LogP contribution >= 0.6 is 11.6 Å². The zero-order valence-corrected chi connectivity index (χ0v) is 6.82. The summed E-state index contributed by atoms with van der Waals surface area (Å²) >= 11 is 5.28. The number of allylic oxidation sites excluding steroid dienone is 1. The molecule has 0 aromatic rings. The largest absolute Gasteiger partial charge is 0.294 e. The Morgan fingerprint density at radius 3 is 2.50 bits per heavy atom. The fourth-order valence-electron chi connectivity index (χ4n) is 1.21. The predicted molar refractivity (Wildman–Crippen MR) is 42.0 cm³/mol. The normalized spacial score (nSPS) is 22.6. The molecule has 0 aliphatic heterocycles. The Bertz CT molecular complexity index is 168. The highest BCUT2D eigenvalue weighted by Crippen LogP contribution is 2.41. The molecule has 2 heteroatoms. The van der Waals surface area contributed by atoms with Gasteiger partial charge in [0, 0.05) is 11.0 Å². The van der Waals surface area contributed by atoms with E-state index in [0.717, 1.165) is 12.8 Å². The van der Waals surface area contributed by atoms with E-state index in [1.807, 2.05) is 6.92 Å². The maximum atomic E-state index is 11.2. The molecule has 0 aromatic heterocycles. The van der Waals surface area contributed by atoms with Crippen molar-refractivity contribution < 1.29 is 4.79 Å². The van der Waals surface area contributed by atoms with Crippen LogP contribution in [0.3, 0.4) is 0 Å². The summed E-state index contributed by atoms with van der Waals surface area (Å²) in [5.41, 5.74) is 1.22. The molecule has 1 fully saturated rings. The molecule has 0 radical (unpaired) electrons. The third kappa shape index (κ3) is 1.24. The van der Waals surface area contributed by atoms with Gasteiger partial charge in [0.2, 0.25) is 0 Å². The van der Waals surface area contributed by atoms with Crippen molar-refractivity contribution >= 4 is 17.4 Å². The van der Waals surface area contributed by atoms with Gasteiger partial charge in [-0.1, -0.05) is 24.9 Å². The van der Waals surface area contributed by atoms with Gasteiger partial charge in [-0.3, -0.25) is 4.79 Å². The van der Waals surface area contributed by atoms with Crippen LogP contribution in [0.25, 0.3) is 0 Å². The summed E-state index contributed by atoms with van der Waals surface area (Å²) < 4.78 is 0. The van der Waals surface area contributed by atoms with Gasteiger partial charge in [-0.2, -0.15) is 0 Å². The highest BCUT2D eigenvalue weighted by Gasteiger charge is 2.37. The Morgan fingerprint density at radius 2 is 2.20 bits per heavy atom. The average molecular weight is 159 g/mol. The summed E-state index contributed by atoms with van der Waals surface area (Å²) in [5, 5.41) is 0. The van der Waals surface area contributed by atoms with E-state index >= 15 is 0 Å². The Labute approximate surface area is 66.1 Å². The molecule has 1 aliphatic rings. The van der Waals surface area contributed by atoms with Gasteiger partial charge in [-0.25, -0.2) is 0 Å². The summed E-state index contributed by atoms with van der Waals surface area (Å²) in [6.07, 6.45) is 4.68. The summed E-state index contributed by atoms with van der Waals surface area (Å²) in [7, 11) is 0. The van der Waals surface area contributed by atoms with E-state index < -0.39 is 0 Å². The van der Waals surface area contributed by atoms with Gasteiger partial charge >= 0.3 is 0 Å². The molecular formula is C8H11ClO. The van der Waals surface area contributed by atoms with Crippen molar-refractivity contribution in [2.75, 3.05) is 0 Å². The minimum Gasteiger partial charge on any atom is -0.294 e. The van der Waals surface area contributed by atoms with E-state index in [4.69, 9.17) is 11.6 Å². The van der Waals surface area contributed by atoms with Gasteiger partial charge in [0.15, 0.2) is 5.78 Å². The number of hydrogen-bond donors (Lipinski definition) is 0. The van der Waals surface area contributed by atoms with Crippen LogP contribution in [0.4, 0.5) is 0 Å². The second-order valence-electron chi connectivity index (χ2n) is 3.07. The first-order chi connectivity index (χ1) is 4.69. The Morgan fingerprint density at radius 1 is 1.60 bits per heavy atom. The summed E-state index contributed by atoms with van der Waals surface area (Å²) in [6.45, 7) is 2.00. The molecule has 56 valence electrons. The highest BCUT2D eigenvalue weighted by molar-refractivity contribution is 6.27.